The number of benzene rings is 2. The van der Waals surface area contributed by atoms with Gasteiger partial charge < -0.3 is 20.3 Å². The number of allylic oxidation sites excluding steroid dienone is 1. The fourth-order valence-electron chi connectivity index (χ4n) is 2.84. The molecule has 0 saturated carbocycles. The van der Waals surface area contributed by atoms with E-state index in [1.807, 2.05) is 79.5 Å². The van der Waals surface area contributed by atoms with Crippen LogP contribution in [0.5, 0.6) is 11.5 Å². The van der Waals surface area contributed by atoms with E-state index in [1.54, 1.807) is 13.2 Å². The van der Waals surface area contributed by atoms with Crippen LogP contribution in [0, 0.1) is 6.92 Å². The number of aliphatic imine (C=N–C) groups is 1. The molecule has 0 unspecified atom stereocenters. The van der Waals surface area contributed by atoms with E-state index in [0.717, 1.165) is 16.9 Å². The molecule has 0 saturated heterocycles. The minimum atomic E-state index is 0.365. The molecule has 2 aromatic carbocycles. The van der Waals surface area contributed by atoms with Crippen LogP contribution >= 0.6 is 11.6 Å². The summed E-state index contributed by atoms with van der Waals surface area (Å²) in [7, 11) is 3.58. The highest BCUT2D eigenvalue weighted by Crippen LogP contribution is 2.23. The number of anilines is 1. The number of rotatable bonds is 8. The number of halogens is 1. The summed E-state index contributed by atoms with van der Waals surface area (Å²) in [6.07, 6.45) is 3.89. The Morgan fingerprint density at radius 1 is 1.09 bits per heavy atom. The Morgan fingerprint density at radius 3 is 2.39 bits per heavy atom. The van der Waals surface area contributed by atoms with E-state index in [-0.39, 0.29) is 0 Å². The van der Waals surface area contributed by atoms with Crippen LogP contribution in [0.25, 0.3) is 0 Å². The van der Waals surface area contributed by atoms with Crippen molar-refractivity contribution in [3.05, 3.63) is 95.0 Å². The van der Waals surface area contributed by atoms with Crippen molar-refractivity contribution in [2.45, 2.75) is 13.5 Å². The maximum absolute atomic E-state index is 11.1. The zero-order valence-corrected chi connectivity index (χ0v) is 19.5. The number of hydrogen-bond donors (Lipinski definition) is 2. The second-order valence-electron chi connectivity index (χ2n) is 7.27. The SMILES string of the molecule is CN/C(C=O)=C/N=C(Nc1ccc(Oc2ccc(C)nc2)cc1)N(C)Cc1ccc(Cl)cc1. The van der Waals surface area contributed by atoms with Crippen LogP contribution in [-0.4, -0.2) is 36.2 Å². The molecule has 0 aliphatic heterocycles. The highest BCUT2D eigenvalue weighted by molar-refractivity contribution is 6.30. The molecule has 0 atom stereocenters. The Kier molecular flexibility index (Phi) is 8.43. The number of aromatic nitrogens is 1. The van der Waals surface area contributed by atoms with Crippen LogP contribution < -0.4 is 15.4 Å². The first-order chi connectivity index (χ1) is 16.0. The summed E-state index contributed by atoms with van der Waals surface area (Å²) < 4.78 is 5.84. The van der Waals surface area contributed by atoms with Crippen LogP contribution in [0.2, 0.25) is 5.02 Å². The van der Waals surface area contributed by atoms with E-state index in [1.165, 1.54) is 6.20 Å². The maximum Gasteiger partial charge on any atom is 0.203 e. The molecule has 0 bridgehead atoms. The van der Waals surface area contributed by atoms with Gasteiger partial charge in [0.2, 0.25) is 5.96 Å². The highest BCUT2D eigenvalue weighted by Gasteiger charge is 2.09. The molecule has 3 aromatic rings. The van der Waals surface area contributed by atoms with Crippen molar-refractivity contribution >= 4 is 29.5 Å². The van der Waals surface area contributed by atoms with Crippen molar-refractivity contribution in [3.63, 3.8) is 0 Å². The van der Waals surface area contributed by atoms with Gasteiger partial charge >= 0.3 is 0 Å². The number of carbonyl (C=O) groups is 1. The number of guanidine groups is 1. The Morgan fingerprint density at radius 2 is 1.79 bits per heavy atom. The van der Waals surface area contributed by atoms with Crippen LogP contribution in [0.4, 0.5) is 5.69 Å². The van der Waals surface area contributed by atoms with Gasteiger partial charge in [-0.1, -0.05) is 23.7 Å². The van der Waals surface area contributed by atoms with Crippen molar-refractivity contribution in [1.29, 1.82) is 0 Å². The van der Waals surface area contributed by atoms with Gasteiger partial charge in [0.1, 0.15) is 11.5 Å². The molecule has 0 amide bonds. The van der Waals surface area contributed by atoms with Gasteiger partial charge in [0.05, 0.1) is 18.1 Å². The van der Waals surface area contributed by atoms with Crippen molar-refractivity contribution in [2.24, 2.45) is 4.99 Å². The normalized spacial score (nSPS) is 11.6. The molecular weight excluding hydrogens is 438 g/mol. The topological polar surface area (TPSA) is 78.8 Å². The molecule has 3 rings (SSSR count). The largest absolute Gasteiger partial charge is 0.456 e. The molecule has 0 aliphatic carbocycles. The standard InChI is InChI=1S/C25H26ClN5O2/c1-18-4-11-24(15-28-18)33-23-12-9-21(10-13-23)30-25(29-14-22(17-32)27-2)31(3)16-19-5-7-20(26)8-6-19/h4-15,17,27H,16H2,1-3H3,(H,29,30)/b22-14+. The van der Waals surface area contributed by atoms with Gasteiger partial charge in [-0.2, -0.15) is 0 Å². The van der Waals surface area contributed by atoms with Crippen LogP contribution in [0.3, 0.4) is 0 Å². The van der Waals surface area contributed by atoms with E-state index in [0.29, 0.717) is 41.0 Å². The Bertz CT molecular complexity index is 1110. The molecule has 7 nitrogen and oxygen atoms in total. The molecule has 0 radical (unpaired) electrons. The summed E-state index contributed by atoms with van der Waals surface area (Å²) in [6, 6.07) is 18.9. The Balaban J connectivity index is 1.76. The van der Waals surface area contributed by atoms with Gasteiger partial charge in [-0.3, -0.25) is 9.78 Å². The first-order valence-corrected chi connectivity index (χ1v) is 10.7. The molecule has 170 valence electrons. The number of hydrogen-bond acceptors (Lipinski definition) is 5. The summed E-state index contributed by atoms with van der Waals surface area (Å²) in [5, 5.41) is 6.79. The third-order valence-corrected chi connectivity index (χ3v) is 4.92. The first kappa shape index (κ1) is 23.8. The number of aryl methyl sites for hydroxylation is 1. The van der Waals surface area contributed by atoms with E-state index in [4.69, 9.17) is 16.3 Å². The molecule has 33 heavy (non-hydrogen) atoms. The maximum atomic E-state index is 11.1. The predicted octanol–water partition coefficient (Wildman–Crippen LogP) is 5.00. The second-order valence-corrected chi connectivity index (χ2v) is 7.71. The van der Waals surface area contributed by atoms with Gasteiger partial charge in [0.15, 0.2) is 6.29 Å². The van der Waals surface area contributed by atoms with Crippen LogP contribution in [0.15, 0.2) is 83.7 Å². The smallest absolute Gasteiger partial charge is 0.203 e. The molecule has 0 fully saturated rings. The van der Waals surface area contributed by atoms with Gasteiger partial charge in [-0.15, -0.1) is 0 Å². The lowest BCUT2D eigenvalue weighted by Crippen LogP contribution is -2.32. The lowest BCUT2D eigenvalue weighted by atomic mass is 10.2. The molecule has 1 aromatic heterocycles. The minimum absolute atomic E-state index is 0.365. The van der Waals surface area contributed by atoms with Crippen molar-refractivity contribution in [1.82, 2.24) is 15.2 Å². The van der Waals surface area contributed by atoms with E-state index in [2.05, 4.69) is 20.6 Å². The summed E-state index contributed by atoms with van der Waals surface area (Å²) in [6.45, 7) is 2.52. The summed E-state index contributed by atoms with van der Waals surface area (Å²) in [4.78, 5) is 21.8. The lowest BCUT2D eigenvalue weighted by molar-refractivity contribution is -0.105. The van der Waals surface area contributed by atoms with Crippen molar-refractivity contribution < 1.29 is 9.53 Å². The Hall–Kier alpha value is -3.84. The second kappa shape index (κ2) is 11.7. The number of ether oxygens (including phenoxy) is 1. The summed E-state index contributed by atoms with van der Waals surface area (Å²) >= 11 is 5.99. The highest BCUT2D eigenvalue weighted by atomic mass is 35.5. The minimum Gasteiger partial charge on any atom is -0.456 e. The average molecular weight is 464 g/mol. The van der Waals surface area contributed by atoms with Crippen molar-refractivity contribution in [2.75, 3.05) is 19.4 Å². The van der Waals surface area contributed by atoms with Gasteiger partial charge in [-0.05, 0) is 61.0 Å². The zero-order chi connectivity index (χ0) is 23.6. The molecule has 8 heteroatoms. The van der Waals surface area contributed by atoms with Crippen molar-refractivity contribution in [3.8, 4) is 11.5 Å². The number of carbonyl (C=O) groups excluding carboxylic acids is 1. The number of likely N-dealkylation sites (N-methyl/N-ethyl adjacent to an activating group) is 1. The fourth-order valence-corrected chi connectivity index (χ4v) is 2.96. The van der Waals surface area contributed by atoms with E-state index < -0.39 is 0 Å². The Labute approximate surface area is 198 Å². The van der Waals surface area contributed by atoms with E-state index >= 15 is 0 Å². The number of aldehydes is 1. The number of nitrogens with one attached hydrogen (secondary N) is 2. The van der Waals surface area contributed by atoms with E-state index in [9.17, 15) is 4.79 Å². The van der Waals surface area contributed by atoms with Gasteiger partial charge in [0, 0.05) is 37.0 Å². The molecule has 1 heterocycles. The number of pyridine rings is 1. The first-order valence-electron chi connectivity index (χ1n) is 10.3. The zero-order valence-electron chi connectivity index (χ0n) is 18.7. The lowest BCUT2D eigenvalue weighted by Gasteiger charge is -2.22. The summed E-state index contributed by atoms with van der Waals surface area (Å²) in [5.74, 6) is 1.93. The molecular formula is C25H26ClN5O2. The molecule has 0 spiro atoms. The monoisotopic (exact) mass is 463 g/mol. The van der Waals surface area contributed by atoms with Gasteiger partial charge in [-0.25, -0.2) is 4.99 Å². The predicted molar refractivity (Wildman–Crippen MR) is 133 cm³/mol. The number of nitrogens with zero attached hydrogens (tertiary/aromatic N) is 3. The summed E-state index contributed by atoms with van der Waals surface area (Å²) in [5.41, 5.74) is 3.18. The average Bonchev–Trinajstić information content (AvgIpc) is 2.83. The van der Waals surface area contributed by atoms with Gasteiger partial charge in [0.25, 0.3) is 0 Å². The fraction of sp³-hybridized carbons (Fsp3) is 0.160. The third-order valence-electron chi connectivity index (χ3n) is 4.67. The van der Waals surface area contributed by atoms with Crippen LogP contribution in [0.1, 0.15) is 11.3 Å². The molecule has 2 N–H and O–H groups in total. The molecule has 0 aliphatic rings. The quantitative estimate of drug-likeness (QED) is 0.212. The van der Waals surface area contributed by atoms with Crippen LogP contribution in [-0.2, 0) is 11.3 Å². The third kappa shape index (κ3) is 7.36.